The number of para-hydroxylation sites is 1. The number of hydrogen-bond donors (Lipinski definition) is 1. The molecule has 2 aromatic rings. The zero-order valence-electron chi connectivity index (χ0n) is 11.7. The maximum atomic E-state index is 5.85. The summed E-state index contributed by atoms with van der Waals surface area (Å²) < 4.78 is 5.85. The Morgan fingerprint density at radius 3 is 2.45 bits per heavy atom. The van der Waals surface area contributed by atoms with Gasteiger partial charge in [0.25, 0.3) is 0 Å². The van der Waals surface area contributed by atoms with E-state index in [0.717, 1.165) is 29.6 Å². The SMILES string of the molecule is c1ccc(Oc2cccc(NCC3CCCC3)c2)cc1. The quantitative estimate of drug-likeness (QED) is 0.815. The fraction of sp³-hybridized carbons (Fsp3) is 0.333. The highest BCUT2D eigenvalue weighted by Gasteiger charge is 2.14. The second-order valence-electron chi connectivity index (χ2n) is 5.47. The predicted molar refractivity (Wildman–Crippen MR) is 83.4 cm³/mol. The van der Waals surface area contributed by atoms with Gasteiger partial charge in [0.2, 0.25) is 0 Å². The number of hydrogen-bond acceptors (Lipinski definition) is 2. The van der Waals surface area contributed by atoms with E-state index in [4.69, 9.17) is 4.74 Å². The highest BCUT2D eigenvalue weighted by Crippen LogP contribution is 2.27. The highest BCUT2D eigenvalue weighted by atomic mass is 16.5. The Labute approximate surface area is 120 Å². The first-order chi connectivity index (χ1) is 9.90. The molecule has 0 amide bonds. The second kappa shape index (κ2) is 6.47. The van der Waals surface area contributed by atoms with Crippen molar-refractivity contribution < 1.29 is 4.74 Å². The van der Waals surface area contributed by atoms with Gasteiger partial charge in [-0.3, -0.25) is 0 Å². The van der Waals surface area contributed by atoms with Gasteiger partial charge in [-0.25, -0.2) is 0 Å². The van der Waals surface area contributed by atoms with Gasteiger partial charge in [0.05, 0.1) is 0 Å². The van der Waals surface area contributed by atoms with Gasteiger partial charge in [0.15, 0.2) is 0 Å². The maximum absolute atomic E-state index is 5.85. The Morgan fingerprint density at radius 2 is 1.65 bits per heavy atom. The summed E-state index contributed by atoms with van der Waals surface area (Å²) in [6.07, 6.45) is 5.52. The molecule has 0 spiro atoms. The van der Waals surface area contributed by atoms with Crippen molar-refractivity contribution in [3.05, 3.63) is 54.6 Å². The third-order valence-electron chi connectivity index (χ3n) is 3.88. The van der Waals surface area contributed by atoms with Crippen molar-refractivity contribution in [3.8, 4) is 11.5 Å². The minimum Gasteiger partial charge on any atom is -0.457 e. The van der Waals surface area contributed by atoms with Gasteiger partial charge >= 0.3 is 0 Å². The number of benzene rings is 2. The first kappa shape index (κ1) is 13.0. The lowest BCUT2D eigenvalue weighted by Crippen LogP contribution is -2.10. The summed E-state index contributed by atoms with van der Waals surface area (Å²) in [5, 5.41) is 3.53. The van der Waals surface area contributed by atoms with Crippen molar-refractivity contribution in [2.45, 2.75) is 25.7 Å². The summed E-state index contributed by atoms with van der Waals surface area (Å²) in [6, 6.07) is 18.1. The lowest BCUT2D eigenvalue weighted by Gasteiger charge is -2.13. The average Bonchev–Trinajstić information content (AvgIpc) is 3.00. The van der Waals surface area contributed by atoms with Gasteiger partial charge in [0.1, 0.15) is 11.5 Å². The average molecular weight is 267 g/mol. The van der Waals surface area contributed by atoms with E-state index in [2.05, 4.69) is 17.4 Å². The van der Waals surface area contributed by atoms with Crippen molar-refractivity contribution in [1.82, 2.24) is 0 Å². The van der Waals surface area contributed by atoms with Crippen molar-refractivity contribution >= 4 is 5.69 Å². The largest absolute Gasteiger partial charge is 0.457 e. The molecule has 3 rings (SSSR count). The highest BCUT2D eigenvalue weighted by molar-refractivity contribution is 5.49. The zero-order valence-corrected chi connectivity index (χ0v) is 11.7. The fourth-order valence-electron chi connectivity index (χ4n) is 2.77. The third-order valence-corrected chi connectivity index (χ3v) is 3.88. The van der Waals surface area contributed by atoms with Crippen LogP contribution in [0.25, 0.3) is 0 Å². The molecule has 0 atom stereocenters. The molecule has 0 unspecified atom stereocenters. The van der Waals surface area contributed by atoms with Gasteiger partial charge in [-0.05, 0) is 43.0 Å². The molecule has 2 heteroatoms. The van der Waals surface area contributed by atoms with Crippen LogP contribution in [-0.4, -0.2) is 6.54 Å². The molecule has 1 N–H and O–H groups in total. The Kier molecular flexibility index (Phi) is 4.22. The van der Waals surface area contributed by atoms with Crippen LogP contribution in [0, 0.1) is 5.92 Å². The molecular formula is C18H21NO. The Balaban J connectivity index is 1.60. The van der Waals surface area contributed by atoms with E-state index in [1.165, 1.54) is 25.7 Å². The van der Waals surface area contributed by atoms with Crippen LogP contribution in [-0.2, 0) is 0 Å². The first-order valence-corrected chi connectivity index (χ1v) is 7.47. The van der Waals surface area contributed by atoms with Gasteiger partial charge in [0, 0.05) is 18.3 Å². The molecule has 0 heterocycles. The summed E-state index contributed by atoms with van der Waals surface area (Å²) in [6.45, 7) is 1.08. The molecule has 1 aliphatic rings. The van der Waals surface area contributed by atoms with Gasteiger partial charge in [-0.15, -0.1) is 0 Å². The molecule has 1 aliphatic carbocycles. The second-order valence-corrected chi connectivity index (χ2v) is 5.47. The van der Waals surface area contributed by atoms with E-state index in [1.807, 2.05) is 42.5 Å². The molecule has 1 fully saturated rings. The summed E-state index contributed by atoms with van der Waals surface area (Å²) in [5.74, 6) is 2.60. The zero-order chi connectivity index (χ0) is 13.6. The van der Waals surface area contributed by atoms with E-state index in [1.54, 1.807) is 0 Å². The molecule has 1 saturated carbocycles. The van der Waals surface area contributed by atoms with E-state index in [-0.39, 0.29) is 0 Å². The first-order valence-electron chi connectivity index (χ1n) is 7.47. The molecule has 0 radical (unpaired) electrons. The van der Waals surface area contributed by atoms with E-state index in [0.29, 0.717) is 0 Å². The molecule has 20 heavy (non-hydrogen) atoms. The lowest BCUT2D eigenvalue weighted by atomic mass is 10.1. The lowest BCUT2D eigenvalue weighted by molar-refractivity contribution is 0.483. The smallest absolute Gasteiger partial charge is 0.129 e. The summed E-state index contributed by atoms with van der Waals surface area (Å²) in [7, 11) is 0. The molecule has 0 bridgehead atoms. The third kappa shape index (κ3) is 3.53. The minimum atomic E-state index is 0.841. The number of anilines is 1. The van der Waals surface area contributed by atoms with Gasteiger partial charge in [-0.1, -0.05) is 37.1 Å². The van der Waals surface area contributed by atoms with Crippen LogP contribution < -0.4 is 10.1 Å². The predicted octanol–water partition coefficient (Wildman–Crippen LogP) is 5.08. The van der Waals surface area contributed by atoms with Crippen LogP contribution in [0.3, 0.4) is 0 Å². The molecule has 104 valence electrons. The summed E-state index contributed by atoms with van der Waals surface area (Å²) in [4.78, 5) is 0. The molecular weight excluding hydrogens is 246 g/mol. The number of rotatable bonds is 5. The Hall–Kier alpha value is -1.96. The van der Waals surface area contributed by atoms with Crippen LogP contribution >= 0.6 is 0 Å². The monoisotopic (exact) mass is 267 g/mol. The van der Waals surface area contributed by atoms with Crippen LogP contribution in [0.1, 0.15) is 25.7 Å². The number of nitrogens with one attached hydrogen (secondary N) is 1. The van der Waals surface area contributed by atoms with Crippen LogP contribution in [0.2, 0.25) is 0 Å². The van der Waals surface area contributed by atoms with Gasteiger partial charge < -0.3 is 10.1 Å². The van der Waals surface area contributed by atoms with Gasteiger partial charge in [-0.2, -0.15) is 0 Å². The molecule has 0 saturated heterocycles. The van der Waals surface area contributed by atoms with Crippen LogP contribution in [0.15, 0.2) is 54.6 Å². The summed E-state index contributed by atoms with van der Waals surface area (Å²) >= 11 is 0. The minimum absolute atomic E-state index is 0.841. The fourth-order valence-corrected chi connectivity index (χ4v) is 2.77. The molecule has 0 aliphatic heterocycles. The van der Waals surface area contributed by atoms with Crippen molar-refractivity contribution in [2.24, 2.45) is 5.92 Å². The van der Waals surface area contributed by atoms with E-state index < -0.39 is 0 Å². The Morgan fingerprint density at radius 1 is 0.900 bits per heavy atom. The summed E-state index contributed by atoms with van der Waals surface area (Å²) in [5.41, 5.74) is 1.14. The van der Waals surface area contributed by atoms with Crippen molar-refractivity contribution in [3.63, 3.8) is 0 Å². The molecule has 2 nitrogen and oxygen atoms in total. The van der Waals surface area contributed by atoms with Crippen molar-refractivity contribution in [2.75, 3.05) is 11.9 Å². The normalized spacial score (nSPS) is 15.2. The molecule has 2 aromatic carbocycles. The van der Waals surface area contributed by atoms with E-state index in [9.17, 15) is 0 Å². The standard InChI is InChI=1S/C18H21NO/c1-2-10-17(11-3-1)20-18-12-6-9-16(13-18)19-14-15-7-4-5-8-15/h1-3,6,9-13,15,19H,4-5,7-8,14H2. The molecule has 0 aromatic heterocycles. The Bertz CT molecular complexity index is 532. The van der Waals surface area contributed by atoms with E-state index >= 15 is 0 Å². The topological polar surface area (TPSA) is 21.3 Å². The van der Waals surface area contributed by atoms with Crippen molar-refractivity contribution in [1.29, 1.82) is 0 Å². The number of ether oxygens (including phenoxy) is 1. The van der Waals surface area contributed by atoms with Crippen LogP contribution in [0.5, 0.6) is 11.5 Å². The maximum Gasteiger partial charge on any atom is 0.129 e. The van der Waals surface area contributed by atoms with Crippen LogP contribution in [0.4, 0.5) is 5.69 Å².